The van der Waals surface area contributed by atoms with Gasteiger partial charge in [0.15, 0.2) is 5.82 Å². The molecule has 0 fully saturated rings. The maximum absolute atomic E-state index is 6.57. The van der Waals surface area contributed by atoms with Crippen LogP contribution >= 0.6 is 11.6 Å². The molecule has 0 bridgehead atoms. The number of anilines is 1. The second kappa shape index (κ2) is 9.63. The standard InChI is InChI=1S/C24H28ClN7/c1-4-31(5-2)12-7-9-20-23(26)29-24(32-13-10-16(3)30-32)22(28-20)18-14-17-8-6-11-27-21(17)19(25)15-18/h6,8,10-11,13-15H,4-5,7,9,12H2,1-3H3,(H2,26,29). The minimum absolute atomic E-state index is 0.435. The molecule has 3 heterocycles. The molecule has 0 aliphatic rings. The molecule has 0 spiro atoms. The Labute approximate surface area is 193 Å². The third-order valence-corrected chi connectivity index (χ3v) is 5.92. The van der Waals surface area contributed by atoms with Crippen molar-refractivity contribution in [1.82, 2.24) is 29.6 Å². The molecule has 0 aliphatic carbocycles. The maximum Gasteiger partial charge on any atom is 0.182 e. The summed E-state index contributed by atoms with van der Waals surface area (Å²) in [6.45, 7) is 9.35. The van der Waals surface area contributed by atoms with Crippen LogP contribution in [0.1, 0.15) is 31.7 Å². The molecule has 0 saturated heterocycles. The van der Waals surface area contributed by atoms with Crippen molar-refractivity contribution >= 4 is 28.3 Å². The minimum Gasteiger partial charge on any atom is -0.382 e. The predicted octanol–water partition coefficient (Wildman–Crippen LogP) is 4.70. The lowest BCUT2D eigenvalue weighted by atomic mass is 10.1. The molecule has 166 valence electrons. The molecule has 0 saturated carbocycles. The number of hydrogen-bond acceptors (Lipinski definition) is 6. The summed E-state index contributed by atoms with van der Waals surface area (Å²) in [5.74, 6) is 1.02. The van der Waals surface area contributed by atoms with Gasteiger partial charge in [0.1, 0.15) is 11.5 Å². The third-order valence-electron chi connectivity index (χ3n) is 5.63. The highest BCUT2D eigenvalue weighted by Crippen LogP contribution is 2.32. The topological polar surface area (TPSA) is 85.8 Å². The number of nitrogens with zero attached hydrogens (tertiary/aromatic N) is 6. The Hall–Kier alpha value is -3.03. The van der Waals surface area contributed by atoms with Gasteiger partial charge in [0.05, 0.1) is 21.9 Å². The number of halogens is 1. The number of rotatable bonds is 8. The third kappa shape index (κ3) is 4.59. The van der Waals surface area contributed by atoms with E-state index in [1.807, 2.05) is 43.5 Å². The van der Waals surface area contributed by atoms with Gasteiger partial charge in [0, 0.05) is 23.3 Å². The van der Waals surface area contributed by atoms with Crippen LogP contribution in [0.3, 0.4) is 0 Å². The van der Waals surface area contributed by atoms with Crippen molar-refractivity contribution in [2.75, 3.05) is 25.4 Å². The zero-order chi connectivity index (χ0) is 22.7. The van der Waals surface area contributed by atoms with Crippen LogP contribution in [0.2, 0.25) is 5.02 Å². The van der Waals surface area contributed by atoms with Gasteiger partial charge in [0.25, 0.3) is 0 Å². The Morgan fingerprint density at radius 3 is 2.66 bits per heavy atom. The Bertz CT molecular complexity index is 1230. The van der Waals surface area contributed by atoms with Gasteiger partial charge in [-0.1, -0.05) is 31.5 Å². The van der Waals surface area contributed by atoms with Crippen LogP contribution in [0.15, 0.2) is 42.7 Å². The molecule has 0 aliphatic heterocycles. The smallest absolute Gasteiger partial charge is 0.182 e. The van der Waals surface area contributed by atoms with Crippen molar-refractivity contribution in [2.45, 2.75) is 33.6 Å². The number of hydrogen-bond donors (Lipinski definition) is 1. The van der Waals surface area contributed by atoms with Gasteiger partial charge in [0.2, 0.25) is 0 Å². The van der Waals surface area contributed by atoms with Gasteiger partial charge < -0.3 is 10.6 Å². The van der Waals surface area contributed by atoms with E-state index in [2.05, 4.69) is 28.8 Å². The molecular formula is C24H28ClN7. The molecular weight excluding hydrogens is 422 g/mol. The maximum atomic E-state index is 6.57. The van der Waals surface area contributed by atoms with Crippen LogP contribution in [0.25, 0.3) is 28.0 Å². The van der Waals surface area contributed by atoms with Crippen molar-refractivity contribution in [2.24, 2.45) is 0 Å². The van der Waals surface area contributed by atoms with Crippen LogP contribution in [0, 0.1) is 6.92 Å². The second-order valence-electron chi connectivity index (χ2n) is 7.79. The normalized spacial score (nSPS) is 11.5. The molecule has 0 unspecified atom stereocenters. The second-order valence-corrected chi connectivity index (χ2v) is 8.20. The quantitative estimate of drug-likeness (QED) is 0.419. The SMILES string of the molecule is CCN(CC)CCCc1nc(-c2cc(Cl)c3ncccc3c2)c(-n2ccc(C)n2)nc1N. The van der Waals surface area contributed by atoms with Crippen molar-refractivity contribution in [3.8, 4) is 17.1 Å². The van der Waals surface area contributed by atoms with E-state index >= 15 is 0 Å². The molecule has 4 aromatic rings. The Kier molecular flexibility index (Phi) is 6.67. The number of pyridine rings is 1. The lowest BCUT2D eigenvalue weighted by Gasteiger charge is -2.18. The molecule has 8 heteroatoms. The molecule has 7 nitrogen and oxygen atoms in total. The van der Waals surface area contributed by atoms with Crippen LogP contribution < -0.4 is 5.73 Å². The molecule has 0 atom stereocenters. The van der Waals surface area contributed by atoms with Crippen LogP contribution in [0.4, 0.5) is 5.82 Å². The van der Waals surface area contributed by atoms with E-state index in [-0.39, 0.29) is 0 Å². The molecule has 0 radical (unpaired) electrons. The summed E-state index contributed by atoms with van der Waals surface area (Å²) in [6.07, 6.45) is 5.32. The average Bonchev–Trinajstić information content (AvgIpc) is 3.23. The summed E-state index contributed by atoms with van der Waals surface area (Å²) in [5, 5.41) is 6.05. The largest absolute Gasteiger partial charge is 0.382 e. The highest BCUT2D eigenvalue weighted by molar-refractivity contribution is 6.35. The van der Waals surface area contributed by atoms with Gasteiger partial charge in [-0.15, -0.1) is 0 Å². The molecule has 1 aromatic carbocycles. The summed E-state index contributed by atoms with van der Waals surface area (Å²) < 4.78 is 1.72. The first-order valence-electron chi connectivity index (χ1n) is 11.0. The van der Waals surface area contributed by atoms with Gasteiger partial charge in [-0.3, -0.25) is 4.98 Å². The van der Waals surface area contributed by atoms with E-state index in [0.717, 1.165) is 60.3 Å². The summed E-state index contributed by atoms with van der Waals surface area (Å²) in [5.41, 5.74) is 10.4. The van der Waals surface area contributed by atoms with Crippen LogP contribution in [0.5, 0.6) is 0 Å². The zero-order valence-corrected chi connectivity index (χ0v) is 19.5. The fourth-order valence-electron chi connectivity index (χ4n) is 3.84. The first kappa shape index (κ1) is 22.2. The predicted molar refractivity (Wildman–Crippen MR) is 130 cm³/mol. The summed E-state index contributed by atoms with van der Waals surface area (Å²) in [6, 6.07) is 9.74. The van der Waals surface area contributed by atoms with Crippen molar-refractivity contribution in [3.63, 3.8) is 0 Å². The van der Waals surface area contributed by atoms with E-state index in [4.69, 9.17) is 27.3 Å². The summed E-state index contributed by atoms with van der Waals surface area (Å²) >= 11 is 6.57. The first-order valence-corrected chi connectivity index (χ1v) is 11.3. The molecule has 32 heavy (non-hydrogen) atoms. The highest BCUT2D eigenvalue weighted by atomic mass is 35.5. The molecule has 3 aromatic heterocycles. The Balaban J connectivity index is 1.79. The molecule has 0 amide bonds. The molecule has 2 N–H and O–H groups in total. The van der Waals surface area contributed by atoms with E-state index in [0.29, 0.717) is 22.4 Å². The first-order chi connectivity index (χ1) is 15.5. The number of fused-ring (bicyclic) bond motifs is 1. The van der Waals surface area contributed by atoms with Crippen molar-refractivity contribution < 1.29 is 0 Å². The van der Waals surface area contributed by atoms with E-state index < -0.39 is 0 Å². The number of benzene rings is 1. The zero-order valence-electron chi connectivity index (χ0n) is 18.7. The minimum atomic E-state index is 0.435. The van der Waals surface area contributed by atoms with E-state index in [9.17, 15) is 0 Å². The highest BCUT2D eigenvalue weighted by Gasteiger charge is 2.18. The summed E-state index contributed by atoms with van der Waals surface area (Å²) in [4.78, 5) is 16.5. The van der Waals surface area contributed by atoms with Gasteiger partial charge in [-0.2, -0.15) is 5.10 Å². The van der Waals surface area contributed by atoms with Gasteiger partial charge in [-0.05, 0) is 63.7 Å². The monoisotopic (exact) mass is 449 g/mol. The number of aromatic nitrogens is 5. The van der Waals surface area contributed by atoms with Crippen LogP contribution in [-0.4, -0.2) is 49.3 Å². The Morgan fingerprint density at radius 1 is 1.12 bits per heavy atom. The van der Waals surface area contributed by atoms with Crippen molar-refractivity contribution in [3.05, 3.63) is 59.1 Å². The van der Waals surface area contributed by atoms with Crippen molar-refractivity contribution in [1.29, 1.82) is 0 Å². The average molecular weight is 450 g/mol. The van der Waals surface area contributed by atoms with Gasteiger partial charge >= 0.3 is 0 Å². The number of nitrogen functional groups attached to an aromatic ring is 1. The Morgan fingerprint density at radius 2 is 1.94 bits per heavy atom. The lowest BCUT2D eigenvalue weighted by Crippen LogP contribution is -2.24. The van der Waals surface area contributed by atoms with Crippen LogP contribution in [-0.2, 0) is 6.42 Å². The molecule has 4 rings (SSSR count). The number of nitrogens with two attached hydrogens (primary N) is 1. The number of aryl methyl sites for hydroxylation is 2. The van der Waals surface area contributed by atoms with E-state index in [1.165, 1.54) is 0 Å². The summed E-state index contributed by atoms with van der Waals surface area (Å²) in [7, 11) is 0. The fraction of sp³-hybridized carbons (Fsp3) is 0.333. The lowest BCUT2D eigenvalue weighted by molar-refractivity contribution is 0.299. The van der Waals surface area contributed by atoms with E-state index in [1.54, 1.807) is 10.9 Å². The van der Waals surface area contributed by atoms with Gasteiger partial charge in [-0.25, -0.2) is 14.6 Å². The fourth-order valence-corrected chi connectivity index (χ4v) is 4.11.